The summed E-state index contributed by atoms with van der Waals surface area (Å²) in [7, 11) is -2.21. The molecule has 1 aromatic rings. The molecular formula is C11H17NO5S2. The van der Waals surface area contributed by atoms with Crippen molar-refractivity contribution in [3.05, 3.63) is 15.8 Å². The van der Waals surface area contributed by atoms with Gasteiger partial charge in [-0.3, -0.25) is 0 Å². The lowest BCUT2D eigenvalue weighted by molar-refractivity contribution is 0.0702. The first-order valence-corrected chi connectivity index (χ1v) is 7.94. The predicted octanol–water partition coefficient (Wildman–Crippen LogP) is 1.41. The van der Waals surface area contributed by atoms with Crippen molar-refractivity contribution < 1.29 is 23.1 Å². The zero-order valence-electron chi connectivity index (χ0n) is 11.0. The van der Waals surface area contributed by atoms with Gasteiger partial charge in [-0.1, -0.05) is 0 Å². The number of rotatable bonds is 7. The first kappa shape index (κ1) is 16.1. The van der Waals surface area contributed by atoms with Gasteiger partial charge in [0, 0.05) is 25.1 Å². The fourth-order valence-electron chi connectivity index (χ4n) is 1.45. The predicted molar refractivity (Wildman–Crippen MR) is 72.3 cm³/mol. The number of carboxylic acids is 1. The van der Waals surface area contributed by atoms with Gasteiger partial charge in [-0.25, -0.2) is 13.2 Å². The third-order valence-electron chi connectivity index (χ3n) is 2.53. The Balaban J connectivity index is 2.96. The summed E-state index contributed by atoms with van der Waals surface area (Å²) in [5.41, 5.74) is 0. The minimum Gasteiger partial charge on any atom is -0.477 e. The van der Waals surface area contributed by atoms with Gasteiger partial charge in [0.25, 0.3) is 0 Å². The van der Waals surface area contributed by atoms with E-state index >= 15 is 0 Å². The monoisotopic (exact) mass is 307 g/mol. The molecule has 1 aromatic heterocycles. The van der Waals surface area contributed by atoms with E-state index in [-0.39, 0.29) is 16.3 Å². The van der Waals surface area contributed by atoms with E-state index in [1.165, 1.54) is 17.4 Å². The van der Waals surface area contributed by atoms with Crippen molar-refractivity contribution in [3.8, 4) is 0 Å². The number of ether oxygens (including phenoxy) is 1. The van der Waals surface area contributed by atoms with Crippen LogP contribution in [0.2, 0.25) is 0 Å². The van der Waals surface area contributed by atoms with Crippen LogP contribution in [0.3, 0.4) is 0 Å². The number of nitrogens with zero attached hydrogens (tertiary/aromatic N) is 1. The van der Waals surface area contributed by atoms with Crippen LogP contribution >= 0.6 is 11.3 Å². The molecule has 1 rings (SSSR count). The molecule has 0 radical (unpaired) electrons. The smallest absolute Gasteiger partial charge is 0.345 e. The van der Waals surface area contributed by atoms with Crippen molar-refractivity contribution in [1.82, 2.24) is 4.31 Å². The second-order valence-corrected chi connectivity index (χ2v) is 7.13. The van der Waals surface area contributed by atoms with Crippen LogP contribution in [0.25, 0.3) is 0 Å². The van der Waals surface area contributed by atoms with Crippen molar-refractivity contribution in [2.45, 2.75) is 18.7 Å². The van der Waals surface area contributed by atoms with Crippen LogP contribution in [0.15, 0.2) is 11.0 Å². The van der Waals surface area contributed by atoms with E-state index in [0.29, 0.717) is 18.1 Å². The summed E-state index contributed by atoms with van der Waals surface area (Å²) in [4.78, 5) is 11.4. The van der Waals surface area contributed by atoms with E-state index in [4.69, 9.17) is 9.84 Å². The molecule has 0 aliphatic heterocycles. The number of aryl methyl sites for hydroxylation is 1. The van der Waals surface area contributed by atoms with Crippen molar-refractivity contribution in [2.75, 3.05) is 26.8 Å². The fraction of sp³-hybridized carbons (Fsp3) is 0.545. The van der Waals surface area contributed by atoms with E-state index in [0.717, 1.165) is 11.3 Å². The molecule has 0 unspecified atom stereocenters. The van der Waals surface area contributed by atoms with Gasteiger partial charge in [0.05, 0.1) is 11.5 Å². The Morgan fingerprint density at radius 2 is 2.16 bits per heavy atom. The minimum absolute atomic E-state index is 0.0225. The minimum atomic E-state index is -3.66. The van der Waals surface area contributed by atoms with Gasteiger partial charge in [-0.2, -0.15) is 4.31 Å². The zero-order chi connectivity index (χ0) is 14.6. The second-order valence-electron chi connectivity index (χ2n) is 3.86. The topological polar surface area (TPSA) is 83.9 Å². The van der Waals surface area contributed by atoms with Crippen LogP contribution < -0.4 is 0 Å². The van der Waals surface area contributed by atoms with E-state index in [1.54, 1.807) is 6.92 Å². The van der Waals surface area contributed by atoms with Gasteiger partial charge in [0.1, 0.15) is 4.88 Å². The molecule has 1 heterocycles. The Morgan fingerprint density at radius 3 is 2.63 bits per heavy atom. The normalized spacial score (nSPS) is 12.0. The number of carbonyl (C=O) groups is 1. The highest BCUT2D eigenvalue weighted by Crippen LogP contribution is 2.27. The Kier molecular flexibility index (Phi) is 5.48. The third-order valence-corrected chi connectivity index (χ3v) is 5.68. The average Bonchev–Trinajstić information content (AvgIpc) is 2.72. The van der Waals surface area contributed by atoms with Crippen molar-refractivity contribution in [2.24, 2.45) is 0 Å². The molecule has 0 saturated carbocycles. The Hall–Kier alpha value is -0.960. The highest BCUT2D eigenvalue weighted by molar-refractivity contribution is 7.89. The molecule has 19 heavy (non-hydrogen) atoms. The number of likely N-dealkylation sites (N-methyl/N-ethyl adjacent to an activating group) is 1. The highest BCUT2D eigenvalue weighted by Gasteiger charge is 2.26. The number of hydrogen-bond acceptors (Lipinski definition) is 5. The van der Waals surface area contributed by atoms with Crippen LogP contribution in [0.5, 0.6) is 0 Å². The molecule has 0 atom stereocenters. The second kappa shape index (κ2) is 6.47. The highest BCUT2D eigenvalue weighted by atomic mass is 32.2. The summed E-state index contributed by atoms with van der Waals surface area (Å²) < 4.78 is 30.8. The number of hydrogen-bond donors (Lipinski definition) is 1. The zero-order valence-corrected chi connectivity index (χ0v) is 12.7. The summed E-state index contributed by atoms with van der Waals surface area (Å²) in [6.07, 6.45) is 0. The summed E-state index contributed by atoms with van der Waals surface area (Å²) in [6, 6.07) is 1.20. The van der Waals surface area contributed by atoms with Gasteiger partial charge in [-0.05, 0) is 19.9 Å². The van der Waals surface area contributed by atoms with Gasteiger partial charge in [0.15, 0.2) is 0 Å². The van der Waals surface area contributed by atoms with E-state index in [1.807, 2.05) is 6.92 Å². The fourth-order valence-corrected chi connectivity index (χ4v) is 4.00. The number of sulfonamides is 1. The summed E-state index contributed by atoms with van der Waals surface area (Å²) in [5.74, 6) is -1.12. The van der Waals surface area contributed by atoms with Crippen molar-refractivity contribution in [3.63, 3.8) is 0 Å². The summed E-state index contributed by atoms with van der Waals surface area (Å²) in [6.45, 7) is 4.49. The average molecular weight is 307 g/mol. The molecular weight excluding hydrogens is 290 g/mol. The molecule has 0 aliphatic carbocycles. The third kappa shape index (κ3) is 3.75. The number of carboxylic acid groups (broad SMARTS) is 1. The van der Waals surface area contributed by atoms with Gasteiger partial charge >= 0.3 is 5.97 Å². The lowest BCUT2D eigenvalue weighted by Gasteiger charge is -2.16. The SMILES string of the molecule is CCOCCN(C)S(=O)(=O)c1cc(C(=O)O)sc1C. The molecule has 6 nitrogen and oxygen atoms in total. The first-order chi connectivity index (χ1) is 8.80. The molecule has 0 aromatic carbocycles. The van der Waals surface area contributed by atoms with Crippen LogP contribution in [0, 0.1) is 6.92 Å². The Bertz CT molecular complexity index is 549. The van der Waals surface area contributed by atoms with Gasteiger partial charge in [0.2, 0.25) is 10.0 Å². The van der Waals surface area contributed by atoms with Crippen LogP contribution in [-0.2, 0) is 14.8 Å². The molecule has 0 amide bonds. The quantitative estimate of drug-likeness (QED) is 0.770. The molecule has 0 spiro atoms. The number of aromatic carboxylic acids is 1. The van der Waals surface area contributed by atoms with Gasteiger partial charge in [-0.15, -0.1) is 11.3 Å². The molecule has 8 heteroatoms. The van der Waals surface area contributed by atoms with Gasteiger partial charge < -0.3 is 9.84 Å². The maximum Gasteiger partial charge on any atom is 0.345 e. The Morgan fingerprint density at radius 1 is 1.53 bits per heavy atom. The molecule has 0 saturated heterocycles. The molecule has 0 fully saturated rings. The largest absolute Gasteiger partial charge is 0.477 e. The van der Waals surface area contributed by atoms with Crippen molar-refractivity contribution >= 4 is 27.3 Å². The van der Waals surface area contributed by atoms with E-state index < -0.39 is 16.0 Å². The van der Waals surface area contributed by atoms with Crippen molar-refractivity contribution in [1.29, 1.82) is 0 Å². The standard InChI is InChI=1S/C11H17NO5S2/c1-4-17-6-5-12(3)19(15,16)10-7-9(11(13)14)18-8(10)2/h7H,4-6H2,1-3H3,(H,13,14). The number of thiophene rings is 1. The van der Waals surface area contributed by atoms with E-state index in [9.17, 15) is 13.2 Å². The summed E-state index contributed by atoms with van der Waals surface area (Å²) in [5, 5.41) is 8.88. The lowest BCUT2D eigenvalue weighted by Crippen LogP contribution is -2.30. The maximum atomic E-state index is 12.3. The Labute approximate surface area is 116 Å². The maximum absolute atomic E-state index is 12.3. The first-order valence-electron chi connectivity index (χ1n) is 5.68. The molecule has 0 aliphatic rings. The molecule has 1 N–H and O–H groups in total. The molecule has 0 bridgehead atoms. The van der Waals surface area contributed by atoms with Crippen LogP contribution in [-0.4, -0.2) is 50.6 Å². The van der Waals surface area contributed by atoms with Crippen LogP contribution in [0.1, 0.15) is 21.5 Å². The molecule has 108 valence electrons. The lowest BCUT2D eigenvalue weighted by atomic mass is 10.4. The summed E-state index contributed by atoms with van der Waals surface area (Å²) >= 11 is 0.958. The van der Waals surface area contributed by atoms with Crippen LogP contribution in [0.4, 0.5) is 0 Å². The van der Waals surface area contributed by atoms with E-state index in [2.05, 4.69) is 0 Å².